The molecule has 0 bridgehead atoms. The van der Waals surface area contributed by atoms with Gasteiger partial charge >= 0.3 is 0 Å². The molecule has 15 heavy (non-hydrogen) atoms. The van der Waals surface area contributed by atoms with Crippen LogP contribution in [0.25, 0.3) is 11.3 Å². The number of rotatable bonds is 2. The summed E-state index contributed by atoms with van der Waals surface area (Å²) in [5, 5.41) is 0. The van der Waals surface area contributed by atoms with Crippen LogP contribution < -0.4 is 5.73 Å². The number of nitrogens with two attached hydrogens (primary N) is 1. The summed E-state index contributed by atoms with van der Waals surface area (Å²) in [6, 6.07) is 6.49. The van der Waals surface area contributed by atoms with E-state index in [2.05, 4.69) is 25.9 Å². The van der Waals surface area contributed by atoms with E-state index in [1.165, 1.54) is 6.07 Å². The predicted molar refractivity (Wildman–Crippen MR) is 59.6 cm³/mol. The maximum absolute atomic E-state index is 13.5. The van der Waals surface area contributed by atoms with Gasteiger partial charge in [0.05, 0.1) is 6.54 Å². The molecule has 1 heterocycles. The molecule has 0 aliphatic carbocycles. The second-order valence-electron chi connectivity index (χ2n) is 3.03. The van der Waals surface area contributed by atoms with Crippen molar-refractivity contribution in [1.82, 2.24) is 9.97 Å². The summed E-state index contributed by atoms with van der Waals surface area (Å²) in [6.07, 6.45) is 0. The number of benzene rings is 1. The fraction of sp³-hybridized carbons (Fsp3) is 0.100. The van der Waals surface area contributed by atoms with Gasteiger partial charge in [-0.15, -0.1) is 0 Å². The number of imidazole rings is 1. The highest BCUT2D eigenvalue weighted by Gasteiger charge is 2.12. The molecule has 0 atom stereocenters. The second-order valence-corrected chi connectivity index (χ2v) is 3.82. The van der Waals surface area contributed by atoms with Gasteiger partial charge in [0.2, 0.25) is 0 Å². The van der Waals surface area contributed by atoms with Crippen LogP contribution in [-0.2, 0) is 6.54 Å². The number of hydrogen-bond acceptors (Lipinski definition) is 2. The molecule has 2 rings (SSSR count). The van der Waals surface area contributed by atoms with Crippen LogP contribution in [-0.4, -0.2) is 9.97 Å². The number of nitrogens with zero attached hydrogens (tertiary/aromatic N) is 1. The Morgan fingerprint density at radius 2 is 2.13 bits per heavy atom. The van der Waals surface area contributed by atoms with Crippen LogP contribution in [0, 0.1) is 5.82 Å². The molecule has 1 aromatic heterocycles. The molecule has 0 saturated carbocycles. The van der Waals surface area contributed by atoms with Crippen LogP contribution >= 0.6 is 15.9 Å². The Bertz CT molecular complexity index is 481. The summed E-state index contributed by atoms with van der Waals surface area (Å²) in [5.41, 5.74) is 6.45. The lowest BCUT2D eigenvalue weighted by atomic mass is 10.1. The lowest BCUT2D eigenvalue weighted by Gasteiger charge is -1.98. The van der Waals surface area contributed by atoms with E-state index in [0.717, 1.165) is 0 Å². The van der Waals surface area contributed by atoms with Gasteiger partial charge in [-0.2, -0.15) is 0 Å². The average Bonchev–Trinajstić information content (AvgIpc) is 2.60. The topological polar surface area (TPSA) is 54.7 Å². The summed E-state index contributed by atoms with van der Waals surface area (Å²) < 4.78 is 14.1. The summed E-state index contributed by atoms with van der Waals surface area (Å²) >= 11 is 3.29. The van der Waals surface area contributed by atoms with E-state index in [1.54, 1.807) is 18.2 Å². The lowest BCUT2D eigenvalue weighted by Crippen LogP contribution is -1.97. The molecule has 0 amide bonds. The molecule has 0 radical (unpaired) electrons. The molecule has 5 heteroatoms. The number of aromatic nitrogens is 2. The van der Waals surface area contributed by atoms with Gasteiger partial charge in [0.15, 0.2) is 0 Å². The second kappa shape index (κ2) is 4.12. The van der Waals surface area contributed by atoms with Crippen molar-refractivity contribution in [3.8, 4) is 11.3 Å². The van der Waals surface area contributed by atoms with Gasteiger partial charge < -0.3 is 10.7 Å². The van der Waals surface area contributed by atoms with Gasteiger partial charge in [-0.3, -0.25) is 0 Å². The van der Waals surface area contributed by atoms with E-state index < -0.39 is 0 Å². The van der Waals surface area contributed by atoms with Crippen LogP contribution in [0.3, 0.4) is 0 Å². The summed E-state index contributed by atoms with van der Waals surface area (Å²) in [5.74, 6) is 0.327. The van der Waals surface area contributed by atoms with Crippen molar-refractivity contribution < 1.29 is 4.39 Å². The molecule has 0 unspecified atom stereocenters. The Morgan fingerprint density at radius 3 is 2.73 bits per heavy atom. The third-order valence-corrected chi connectivity index (χ3v) is 2.60. The van der Waals surface area contributed by atoms with E-state index in [0.29, 0.717) is 28.2 Å². The normalized spacial score (nSPS) is 10.6. The highest BCUT2D eigenvalue weighted by Crippen LogP contribution is 2.27. The number of hydrogen-bond donors (Lipinski definition) is 2. The molecule has 3 nitrogen and oxygen atoms in total. The molecule has 1 aromatic carbocycles. The molecule has 2 aromatic rings. The standard InChI is InChI=1S/C10H9BrFN3/c11-10-9(14-8(5-13)15-10)6-3-1-2-4-7(6)12/h1-4H,5,13H2,(H,14,15). The number of H-pyrrole nitrogens is 1. The van der Waals surface area contributed by atoms with Crippen molar-refractivity contribution in [3.05, 3.63) is 40.5 Å². The van der Waals surface area contributed by atoms with E-state index in [9.17, 15) is 4.39 Å². The highest BCUT2D eigenvalue weighted by atomic mass is 79.9. The van der Waals surface area contributed by atoms with Gasteiger partial charge in [0, 0.05) is 5.56 Å². The Hall–Kier alpha value is -1.20. The molecule has 78 valence electrons. The molecule has 0 aliphatic heterocycles. The van der Waals surface area contributed by atoms with Crippen molar-refractivity contribution in [2.45, 2.75) is 6.54 Å². The molecule has 0 saturated heterocycles. The first-order valence-electron chi connectivity index (χ1n) is 4.41. The lowest BCUT2D eigenvalue weighted by molar-refractivity contribution is 0.630. The number of aromatic amines is 1. The molecule has 0 spiro atoms. The molecule has 3 N–H and O–H groups in total. The Kier molecular flexibility index (Phi) is 2.83. The largest absolute Gasteiger partial charge is 0.335 e. The van der Waals surface area contributed by atoms with Gasteiger partial charge in [0.1, 0.15) is 21.9 Å². The van der Waals surface area contributed by atoms with Crippen molar-refractivity contribution >= 4 is 15.9 Å². The molecular weight excluding hydrogens is 261 g/mol. The Balaban J connectivity index is 2.54. The van der Waals surface area contributed by atoms with Gasteiger partial charge in [-0.05, 0) is 28.1 Å². The smallest absolute Gasteiger partial charge is 0.132 e. The first kappa shape index (κ1) is 10.3. The third kappa shape index (κ3) is 1.93. The quantitative estimate of drug-likeness (QED) is 0.880. The number of nitrogens with one attached hydrogen (secondary N) is 1. The first-order valence-corrected chi connectivity index (χ1v) is 5.21. The first-order chi connectivity index (χ1) is 7.22. The van der Waals surface area contributed by atoms with Crippen LogP contribution in [0.4, 0.5) is 4.39 Å². The average molecular weight is 270 g/mol. The molecule has 0 fully saturated rings. The maximum atomic E-state index is 13.5. The fourth-order valence-corrected chi connectivity index (χ4v) is 1.86. The van der Waals surface area contributed by atoms with Crippen LogP contribution in [0.15, 0.2) is 28.9 Å². The van der Waals surface area contributed by atoms with Gasteiger partial charge in [0.25, 0.3) is 0 Å². The SMILES string of the molecule is NCc1nc(-c2ccccc2F)c(Br)[nH]1. The minimum absolute atomic E-state index is 0.298. The van der Waals surface area contributed by atoms with Gasteiger partial charge in [-0.25, -0.2) is 9.37 Å². The van der Waals surface area contributed by atoms with Crippen molar-refractivity contribution in [2.24, 2.45) is 5.73 Å². The van der Waals surface area contributed by atoms with E-state index in [-0.39, 0.29) is 5.82 Å². The zero-order valence-electron chi connectivity index (χ0n) is 7.80. The summed E-state index contributed by atoms with van der Waals surface area (Å²) in [7, 11) is 0. The summed E-state index contributed by atoms with van der Waals surface area (Å²) in [6.45, 7) is 0.299. The fourth-order valence-electron chi connectivity index (χ4n) is 1.33. The predicted octanol–water partition coefficient (Wildman–Crippen LogP) is 2.44. The van der Waals surface area contributed by atoms with Crippen molar-refractivity contribution in [1.29, 1.82) is 0 Å². The Morgan fingerprint density at radius 1 is 1.40 bits per heavy atom. The third-order valence-electron chi connectivity index (χ3n) is 2.03. The summed E-state index contributed by atoms with van der Waals surface area (Å²) in [4.78, 5) is 7.13. The molecule has 0 aliphatic rings. The maximum Gasteiger partial charge on any atom is 0.132 e. The van der Waals surface area contributed by atoms with Crippen LogP contribution in [0.5, 0.6) is 0 Å². The minimum Gasteiger partial charge on any atom is -0.335 e. The van der Waals surface area contributed by atoms with Gasteiger partial charge in [-0.1, -0.05) is 12.1 Å². The zero-order valence-corrected chi connectivity index (χ0v) is 9.38. The van der Waals surface area contributed by atoms with E-state index in [4.69, 9.17) is 5.73 Å². The van der Waals surface area contributed by atoms with Crippen molar-refractivity contribution in [3.63, 3.8) is 0 Å². The molecular formula is C10H9BrFN3. The highest BCUT2D eigenvalue weighted by molar-refractivity contribution is 9.10. The van der Waals surface area contributed by atoms with Crippen LogP contribution in [0.2, 0.25) is 0 Å². The number of halogens is 2. The monoisotopic (exact) mass is 269 g/mol. The minimum atomic E-state index is -0.298. The van der Waals surface area contributed by atoms with E-state index in [1.807, 2.05) is 0 Å². The van der Waals surface area contributed by atoms with E-state index >= 15 is 0 Å². The van der Waals surface area contributed by atoms with Crippen LogP contribution in [0.1, 0.15) is 5.82 Å². The van der Waals surface area contributed by atoms with Crippen molar-refractivity contribution in [2.75, 3.05) is 0 Å². The zero-order chi connectivity index (χ0) is 10.8. The Labute approximate surface area is 94.7 Å².